The molecular weight excluding hydrogens is 480 g/mol. The molecule has 0 amide bonds. The average Bonchev–Trinajstić information content (AvgIpc) is 2.86. The van der Waals surface area contributed by atoms with Crippen molar-refractivity contribution in [3.05, 3.63) is 65.8 Å². The fourth-order valence-electron chi connectivity index (χ4n) is 5.50. The fourth-order valence-corrected chi connectivity index (χ4v) is 11.0. The van der Waals surface area contributed by atoms with Crippen molar-refractivity contribution in [3.8, 4) is 5.75 Å². The van der Waals surface area contributed by atoms with Crippen molar-refractivity contribution in [1.29, 1.82) is 0 Å². The third-order valence-electron chi connectivity index (χ3n) is 7.40. The van der Waals surface area contributed by atoms with E-state index in [0.717, 1.165) is 24.0 Å². The number of methoxy groups -OCH3 is 1. The fraction of sp³-hybridized carbons (Fsp3) is 0.581. The molecule has 0 saturated heterocycles. The van der Waals surface area contributed by atoms with Gasteiger partial charge in [-0.2, -0.15) is 0 Å². The van der Waals surface area contributed by atoms with E-state index in [2.05, 4.69) is 66.7 Å². The van der Waals surface area contributed by atoms with Gasteiger partial charge in [0.15, 0.2) is 0 Å². The SMILES string of the molecule is COc1ccc(CO[C@@H](C/C=C/C=O)[C@H](/C=C/[C@@H]2CC(C)=CCO2)O[Si](C(C)C)(C(C)C)C(C)C)cc1. The van der Waals surface area contributed by atoms with Gasteiger partial charge in [-0.3, -0.25) is 4.79 Å². The van der Waals surface area contributed by atoms with Gasteiger partial charge in [-0.1, -0.05) is 83.6 Å². The number of allylic oxidation sites excluding steroid dienone is 1. The van der Waals surface area contributed by atoms with Gasteiger partial charge in [-0.05, 0) is 60.2 Å². The molecular formula is C31H48O5Si. The molecule has 37 heavy (non-hydrogen) atoms. The Bertz CT molecular complexity index is 879. The van der Waals surface area contributed by atoms with Gasteiger partial charge >= 0.3 is 0 Å². The van der Waals surface area contributed by atoms with Crippen LogP contribution in [0.1, 0.15) is 66.9 Å². The molecule has 2 rings (SSSR count). The first-order valence-corrected chi connectivity index (χ1v) is 15.8. The van der Waals surface area contributed by atoms with Gasteiger partial charge in [0, 0.05) is 0 Å². The van der Waals surface area contributed by atoms with Crippen LogP contribution in [0.4, 0.5) is 0 Å². The molecule has 0 N–H and O–H groups in total. The van der Waals surface area contributed by atoms with Crippen LogP contribution in [0.3, 0.4) is 0 Å². The lowest BCUT2D eigenvalue weighted by molar-refractivity contribution is -0.104. The van der Waals surface area contributed by atoms with Crippen LogP contribution in [0.15, 0.2) is 60.2 Å². The van der Waals surface area contributed by atoms with Crippen molar-refractivity contribution in [1.82, 2.24) is 0 Å². The number of carbonyl (C=O) groups is 1. The van der Waals surface area contributed by atoms with E-state index in [9.17, 15) is 4.79 Å². The molecule has 1 heterocycles. The number of hydrogen-bond acceptors (Lipinski definition) is 5. The van der Waals surface area contributed by atoms with Crippen LogP contribution in [-0.4, -0.2) is 46.6 Å². The van der Waals surface area contributed by atoms with Crippen LogP contribution < -0.4 is 4.74 Å². The monoisotopic (exact) mass is 528 g/mol. The van der Waals surface area contributed by atoms with Crippen LogP contribution in [0.2, 0.25) is 16.6 Å². The highest BCUT2D eigenvalue weighted by Gasteiger charge is 2.47. The Kier molecular flexibility index (Phi) is 13.0. The Morgan fingerprint density at radius 2 is 1.70 bits per heavy atom. The number of aldehydes is 1. The normalized spacial score (nSPS) is 18.7. The molecule has 6 heteroatoms. The molecule has 206 valence electrons. The van der Waals surface area contributed by atoms with E-state index in [1.807, 2.05) is 30.3 Å². The van der Waals surface area contributed by atoms with Crippen LogP contribution >= 0.6 is 0 Å². The lowest BCUT2D eigenvalue weighted by Crippen LogP contribution is -2.52. The Hall–Kier alpha value is -1.99. The zero-order valence-electron chi connectivity index (χ0n) is 24.1. The maximum atomic E-state index is 11.1. The molecule has 1 aromatic rings. The summed E-state index contributed by atoms with van der Waals surface area (Å²) in [5.41, 5.74) is 3.71. The molecule has 0 aliphatic carbocycles. The van der Waals surface area contributed by atoms with E-state index in [1.54, 1.807) is 13.2 Å². The Morgan fingerprint density at radius 3 is 2.24 bits per heavy atom. The summed E-state index contributed by atoms with van der Waals surface area (Å²) >= 11 is 0. The van der Waals surface area contributed by atoms with Crippen molar-refractivity contribution in [2.24, 2.45) is 0 Å². The third kappa shape index (κ3) is 9.06. The highest BCUT2D eigenvalue weighted by atomic mass is 28.4. The molecule has 3 atom stereocenters. The van der Waals surface area contributed by atoms with Crippen molar-refractivity contribution in [2.45, 2.75) is 103 Å². The summed E-state index contributed by atoms with van der Waals surface area (Å²) in [5, 5.41) is 0. The van der Waals surface area contributed by atoms with E-state index in [-0.39, 0.29) is 18.3 Å². The Morgan fingerprint density at radius 1 is 1.05 bits per heavy atom. The second kappa shape index (κ2) is 15.4. The molecule has 0 bridgehead atoms. The second-order valence-electron chi connectivity index (χ2n) is 10.9. The van der Waals surface area contributed by atoms with E-state index in [0.29, 0.717) is 36.3 Å². The van der Waals surface area contributed by atoms with Gasteiger partial charge in [-0.15, -0.1) is 0 Å². The number of carbonyl (C=O) groups excluding carboxylic acids is 1. The van der Waals surface area contributed by atoms with E-state index in [1.165, 1.54) is 5.57 Å². The summed E-state index contributed by atoms with van der Waals surface area (Å²) in [6, 6.07) is 7.92. The summed E-state index contributed by atoms with van der Waals surface area (Å²) in [6.07, 6.45) is 11.6. The summed E-state index contributed by atoms with van der Waals surface area (Å²) in [5.74, 6) is 0.816. The van der Waals surface area contributed by atoms with Crippen molar-refractivity contribution in [3.63, 3.8) is 0 Å². The largest absolute Gasteiger partial charge is 0.497 e. The minimum Gasteiger partial charge on any atom is -0.497 e. The lowest BCUT2D eigenvalue weighted by atomic mass is 10.0. The Balaban J connectivity index is 2.41. The van der Waals surface area contributed by atoms with Gasteiger partial charge < -0.3 is 18.6 Å². The highest BCUT2D eigenvalue weighted by Crippen LogP contribution is 2.44. The molecule has 0 fully saturated rings. The highest BCUT2D eigenvalue weighted by molar-refractivity contribution is 6.77. The molecule has 5 nitrogen and oxygen atoms in total. The molecule has 0 radical (unpaired) electrons. The summed E-state index contributed by atoms with van der Waals surface area (Å²) in [4.78, 5) is 11.1. The average molecular weight is 529 g/mol. The van der Waals surface area contributed by atoms with Crippen molar-refractivity contribution >= 4 is 14.6 Å². The first-order valence-electron chi connectivity index (χ1n) is 13.6. The third-order valence-corrected chi connectivity index (χ3v) is 13.5. The van der Waals surface area contributed by atoms with E-state index in [4.69, 9.17) is 18.6 Å². The molecule has 1 aliphatic heterocycles. The van der Waals surface area contributed by atoms with Crippen molar-refractivity contribution < 1.29 is 23.4 Å². The molecule has 1 aromatic carbocycles. The van der Waals surface area contributed by atoms with Gasteiger partial charge in [0.25, 0.3) is 0 Å². The number of hydrogen-bond donors (Lipinski definition) is 0. The first-order chi connectivity index (χ1) is 17.6. The molecule has 1 aliphatic rings. The van der Waals surface area contributed by atoms with Gasteiger partial charge in [0.1, 0.15) is 12.0 Å². The zero-order valence-corrected chi connectivity index (χ0v) is 25.1. The van der Waals surface area contributed by atoms with Crippen molar-refractivity contribution in [2.75, 3.05) is 13.7 Å². The van der Waals surface area contributed by atoms with Crippen LogP contribution in [0, 0.1) is 0 Å². The molecule has 0 aromatic heterocycles. The minimum atomic E-state index is -2.22. The predicted molar refractivity (Wildman–Crippen MR) is 155 cm³/mol. The molecule has 0 spiro atoms. The number of rotatable bonds is 15. The summed E-state index contributed by atoms with van der Waals surface area (Å²) in [7, 11) is -0.552. The lowest BCUT2D eigenvalue weighted by Gasteiger charge is -2.45. The first kappa shape index (κ1) is 31.2. The van der Waals surface area contributed by atoms with Crippen LogP contribution in [0.5, 0.6) is 5.75 Å². The quantitative estimate of drug-likeness (QED) is 0.102. The number of ether oxygens (including phenoxy) is 3. The smallest absolute Gasteiger partial charge is 0.201 e. The zero-order chi connectivity index (χ0) is 27.4. The minimum absolute atomic E-state index is 0.0251. The standard InChI is InChI=1S/C31H48O5Si/c1-23(2)37(24(3)4,25(5)6)36-31(17-16-29-21-26(7)18-20-34-29)30(11-9-10-19-32)35-22-27-12-14-28(33-8)15-13-27/h9-10,12-19,23-25,29-31H,11,20-22H2,1-8H3/b10-9+,17-16+/t29-,30+,31+/m1/s1. The van der Waals surface area contributed by atoms with Gasteiger partial charge in [0.05, 0.1) is 38.6 Å². The second-order valence-corrected chi connectivity index (χ2v) is 16.3. The topological polar surface area (TPSA) is 54.0 Å². The summed E-state index contributed by atoms with van der Waals surface area (Å²) in [6.45, 7) is 17.0. The summed E-state index contributed by atoms with van der Waals surface area (Å²) < 4.78 is 25.1. The molecule has 0 unspecified atom stereocenters. The van der Waals surface area contributed by atoms with E-state index < -0.39 is 8.32 Å². The maximum absolute atomic E-state index is 11.1. The van der Waals surface area contributed by atoms with Crippen LogP contribution in [0.25, 0.3) is 0 Å². The predicted octanol–water partition coefficient (Wildman–Crippen LogP) is 7.58. The molecule has 0 saturated carbocycles. The van der Waals surface area contributed by atoms with E-state index >= 15 is 0 Å². The van der Waals surface area contributed by atoms with Gasteiger partial charge in [-0.25, -0.2) is 0 Å². The maximum Gasteiger partial charge on any atom is 0.201 e. The van der Waals surface area contributed by atoms with Crippen LogP contribution in [-0.2, 0) is 25.3 Å². The Labute approximate surface area is 226 Å². The van der Waals surface area contributed by atoms with Gasteiger partial charge in [0.2, 0.25) is 8.32 Å². The number of benzene rings is 1.